The molecule has 1 nitrogen and oxygen atoms in total. The van der Waals surface area contributed by atoms with Gasteiger partial charge in [-0.2, -0.15) is 0 Å². The summed E-state index contributed by atoms with van der Waals surface area (Å²) in [6.07, 6.45) is 3.77. The number of aryl methyl sites for hydroxylation is 2. The minimum atomic E-state index is 0.785. The lowest BCUT2D eigenvalue weighted by molar-refractivity contribution is 0.911. The quantitative estimate of drug-likeness (QED) is 0.732. The molecule has 0 bridgehead atoms. The maximum absolute atomic E-state index is 6.22. The van der Waals surface area contributed by atoms with Crippen LogP contribution in [-0.4, -0.2) is 0 Å². The SMILES string of the molecule is Clc1cc(I)ccc1NCc1ccc2c(c1)CCC2. The molecule has 0 fully saturated rings. The van der Waals surface area contributed by atoms with Gasteiger partial charge in [-0.3, -0.25) is 0 Å². The molecular formula is C16H15ClIN. The molecule has 1 aliphatic rings. The van der Waals surface area contributed by atoms with E-state index in [0.717, 1.165) is 20.8 Å². The molecule has 19 heavy (non-hydrogen) atoms. The van der Waals surface area contributed by atoms with E-state index < -0.39 is 0 Å². The average molecular weight is 384 g/mol. The largest absolute Gasteiger partial charge is 0.380 e. The molecule has 0 atom stereocenters. The van der Waals surface area contributed by atoms with Crippen molar-refractivity contribution in [3.05, 3.63) is 61.7 Å². The van der Waals surface area contributed by atoms with E-state index in [4.69, 9.17) is 11.6 Å². The second-order valence-corrected chi connectivity index (χ2v) is 6.59. The van der Waals surface area contributed by atoms with Crippen molar-refractivity contribution in [2.45, 2.75) is 25.8 Å². The van der Waals surface area contributed by atoms with E-state index in [1.165, 1.54) is 36.0 Å². The van der Waals surface area contributed by atoms with Crippen LogP contribution in [0.4, 0.5) is 5.69 Å². The predicted molar refractivity (Wildman–Crippen MR) is 90.0 cm³/mol. The van der Waals surface area contributed by atoms with Crippen LogP contribution in [0.3, 0.4) is 0 Å². The Labute approximate surface area is 132 Å². The molecule has 0 heterocycles. The summed E-state index contributed by atoms with van der Waals surface area (Å²) in [6.45, 7) is 0.827. The second kappa shape index (κ2) is 5.71. The first-order valence-corrected chi connectivity index (χ1v) is 7.97. The molecule has 0 saturated heterocycles. The van der Waals surface area contributed by atoms with Crippen LogP contribution in [0.5, 0.6) is 0 Å². The highest BCUT2D eigenvalue weighted by molar-refractivity contribution is 14.1. The van der Waals surface area contributed by atoms with Crippen LogP contribution < -0.4 is 5.32 Å². The van der Waals surface area contributed by atoms with E-state index in [1.807, 2.05) is 12.1 Å². The summed E-state index contributed by atoms with van der Waals surface area (Å²) in [5.74, 6) is 0. The molecule has 98 valence electrons. The highest BCUT2D eigenvalue weighted by Gasteiger charge is 2.10. The Morgan fingerprint density at radius 2 is 1.89 bits per heavy atom. The van der Waals surface area contributed by atoms with Gasteiger partial charge in [0, 0.05) is 10.1 Å². The molecule has 0 spiro atoms. The monoisotopic (exact) mass is 383 g/mol. The van der Waals surface area contributed by atoms with Crippen molar-refractivity contribution in [3.63, 3.8) is 0 Å². The number of fused-ring (bicyclic) bond motifs is 1. The van der Waals surface area contributed by atoms with E-state index in [2.05, 4.69) is 52.2 Å². The number of nitrogens with one attached hydrogen (secondary N) is 1. The average Bonchev–Trinajstić information content (AvgIpc) is 2.85. The summed E-state index contributed by atoms with van der Waals surface area (Å²) in [4.78, 5) is 0. The Kier molecular flexibility index (Phi) is 3.99. The van der Waals surface area contributed by atoms with E-state index in [9.17, 15) is 0 Å². The van der Waals surface area contributed by atoms with E-state index >= 15 is 0 Å². The zero-order chi connectivity index (χ0) is 13.2. The van der Waals surface area contributed by atoms with Gasteiger partial charge in [0.1, 0.15) is 0 Å². The molecule has 0 aromatic heterocycles. The summed E-state index contributed by atoms with van der Waals surface area (Å²) < 4.78 is 1.16. The first-order chi connectivity index (χ1) is 9.22. The van der Waals surface area contributed by atoms with Crippen molar-refractivity contribution >= 4 is 39.9 Å². The zero-order valence-electron chi connectivity index (χ0n) is 10.5. The summed E-state index contributed by atoms with van der Waals surface area (Å²) in [6, 6.07) is 12.9. The Balaban J connectivity index is 1.72. The van der Waals surface area contributed by atoms with Gasteiger partial charge in [-0.05, 0) is 76.7 Å². The minimum absolute atomic E-state index is 0.785. The Bertz CT molecular complexity index is 610. The van der Waals surface area contributed by atoms with Crippen LogP contribution >= 0.6 is 34.2 Å². The van der Waals surface area contributed by atoms with Crippen molar-refractivity contribution in [3.8, 4) is 0 Å². The lowest BCUT2D eigenvalue weighted by Crippen LogP contribution is -2.01. The summed E-state index contributed by atoms with van der Waals surface area (Å²) >= 11 is 8.49. The van der Waals surface area contributed by atoms with Gasteiger partial charge in [0.15, 0.2) is 0 Å². The van der Waals surface area contributed by atoms with Crippen LogP contribution in [0.15, 0.2) is 36.4 Å². The number of halogens is 2. The molecular weight excluding hydrogens is 369 g/mol. The zero-order valence-corrected chi connectivity index (χ0v) is 13.5. The number of hydrogen-bond donors (Lipinski definition) is 1. The molecule has 0 saturated carbocycles. The van der Waals surface area contributed by atoms with Crippen LogP contribution in [0.25, 0.3) is 0 Å². The fourth-order valence-corrected chi connectivity index (χ4v) is 3.49. The fourth-order valence-electron chi connectivity index (χ4n) is 2.57. The second-order valence-electron chi connectivity index (χ2n) is 4.93. The minimum Gasteiger partial charge on any atom is -0.380 e. The summed E-state index contributed by atoms with van der Waals surface area (Å²) in [5, 5.41) is 4.20. The van der Waals surface area contributed by atoms with Crippen LogP contribution in [-0.2, 0) is 19.4 Å². The third kappa shape index (κ3) is 3.06. The summed E-state index contributed by atoms with van der Waals surface area (Å²) in [7, 11) is 0. The van der Waals surface area contributed by atoms with E-state index in [-0.39, 0.29) is 0 Å². The smallest absolute Gasteiger partial charge is 0.0648 e. The van der Waals surface area contributed by atoms with Crippen molar-refractivity contribution < 1.29 is 0 Å². The maximum atomic E-state index is 6.22. The molecule has 2 aromatic carbocycles. The number of hydrogen-bond acceptors (Lipinski definition) is 1. The van der Waals surface area contributed by atoms with Gasteiger partial charge in [0.05, 0.1) is 10.7 Å². The molecule has 3 rings (SSSR count). The van der Waals surface area contributed by atoms with Crippen LogP contribution in [0.2, 0.25) is 5.02 Å². The lowest BCUT2D eigenvalue weighted by Gasteiger charge is -2.10. The van der Waals surface area contributed by atoms with Gasteiger partial charge < -0.3 is 5.32 Å². The molecule has 0 unspecified atom stereocenters. The third-order valence-corrected chi connectivity index (χ3v) is 4.56. The number of rotatable bonds is 3. The van der Waals surface area contributed by atoms with Crippen molar-refractivity contribution in [2.75, 3.05) is 5.32 Å². The van der Waals surface area contributed by atoms with Gasteiger partial charge in [-0.1, -0.05) is 29.8 Å². The predicted octanol–water partition coefficient (Wildman–Crippen LogP) is 5.05. The molecule has 0 amide bonds. The van der Waals surface area contributed by atoms with E-state index in [1.54, 1.807) is 0 Å². The summed E-state index contributed by atoms with van der Waals surface area (Å²) in [5.41, 5.74) is 5.38. The molecule has 1 N–H and O–H groups in total. The molecule has 2 aromatic rings. The first-order valence-electron chi connectivity index (χ1n) is 6.52. The molecule has 3 heteroatoms. The fraction of sp³-hybridized carbons (Fsp3) is 0.250. The standard InChI is InChI=1S/C16H15ClIN/c17-15-9-14(18)6-7-16(15)19-10-11-4-5-12-2-1-3-13(12)8-11/h4-9,19H,1-3,10H2. The van der Waals surface area contributed by atoms with Crippen LogP contribution in [0, 0.1) is 3.57 Å². The van der Waals surface area contributed by atoms with Crippen LogP contribution in [0.1, 0.15) is 23.1 Å². The highest BCUT2D eigenvalue weighted by atomic mass is 127. The van der Waals surface area contributed by atoms with Crippen molar-refractivity contribution in [1.82, 2.24) is 0 Å². The van der Waals surface area contributed by atoms with Gasteiger partial charge in [0.25, 0.3) is 0 Å². The maximum Gasteiger partial charge on any atom is 0.0648 e. The van der Waals surface area contributed by atoms with Crippen molar-refractivity contribution in [1.29, 1.82) is 0 Å². The molecule has 0 aliphatic heterocycles. The highest BCUT2D eigenvalue weighted by Crippen LogP contribution is 2.26. The normalized spacial score (nSPS) is 13.4. The molecule has 1 aliphatic carbocycles. The Hall–Kier alpha value is -0.740. The van der Waals surface area contributed by atoms with Gasteiger partial charge in [-0.15, -0.1) is 0 Å². The van der Waals surface area contributed by atoms with Gasteiger partial charge in [-0.25, -0.2) is 0 Å². The lowest BCUT2D eigenvalue weighted by atomic mass is 10.1. The number of anilines is 1. The van der Waals surface area contributed by atoms with Gasteiger partial charge in [0.2, 0.25) is 0 Å². The Morgan fingerprint density at radius 1 is 1.05 bits per heavy atom. The number of benzene rings is 2. The van der Waals surface area contributed by atoms with Crippen molar-refractivity contribution in [2.24, 2.45) is 0 Å². The third-order valence-electron chi connectivity index (χ3n) is 3.58. The molecule has 0 radical (unpaired) electrons. The van der Waals surface area contributed by atoms with Gasteiger partial charge >= 0.3 is 0 Å². The first kappa shape index (κ1) is 13.3. The van der Waals surface area contributed by atoms with E-state index in [0.29, 0.717) is 0 Å². The Morgan fingerprint density at radius 3 is 2.74 bits per heavy atom. The topological polar surface area (TPSA) is 12.0 Å².